The summed E-state index contributed by atoms with van der Waals surface area (Å²) in [5.74, 6) is 1.67. The van der Waals surface area contributed by atoms with Crippen LogP contribution < -0.4 is 0 Å². The lowest BCUT2D eigenvalue weighted by Crippen LogP contribution is -2.34. The second-order valence-corrected chi connectivity index (χ2v) is 4.74. The minimum absolute atomic E-state index is 0.795. The average molecular weight is 193 g/mol. The van der Waals surface area contributed by atoms with Gasteiger partial charge in [0, 0.05) is 13.1 Å². The lowest BCUT2D eigenvalue weighted by atomic mass is 9.84. The van der Waals surface area contributed by atoms with Crippen molar-refractivity contribution in [3.05, 3.63) is 0 Å². The van der Waals surface area contributed by atoms with Gasteiger partial charge in [-0.3, -0.25) is 0 Å². The molecule has 1 atom stereocenters. The number of nitrogens with zero attached hydrogens (tertiary/aromatic N) is 3. The molecular weight excluding hydrogens is 174 g/mol. The SMILES string of the molecule is CN1CCC(C2CCN(C#N)C2)CC1. The van der Waals surface area contributed by atoms with Crippen molar-refractivity contribution in [2.75, 3.05) is 33.2 Å². The maximum Gasteiger partial charge on any atom is 0.179 e. The number of likely N-dealkylation sites (tertiary alicyclic amines) is 2. The van der Waals surface area contributed by atoms with Crippen molar-refractivity contribution in [3.63, 3.8) is 0 Å². The van der Waals surface area contributed by atoms with Gasteiger partial charge < -0.3 is 9.80 Å². The molecule has 0 aromatic carbocycles. The van der Waals surface area contributed by atoms with Crippen LogP contribution in [0.2, 0.25) is 0 Å². The summed E-state index contributed by atoms with van der Waals surface area (Å²) in [5.41, 5.74) is 0. The van der Waals surface area contributed by atoms with E-state index >= 15 is 0 Å². The predicted molar refractivity (Wildman–Crippen MR) is 55.5 cm³/mol. The minimum atomic E-state index is 0.795. The zero-order valence-corrected chi connectivity index (χ0v) is 8.95. The van der Waals surface area contributed by atoms with Gasteiger partial charge in [0.15, 0.2) is 6.19 Å². The fraction of sp³-hybridized carbons (Fsp3) is 0.909. The zero-order valence-electron chi connectivity index (χ0n) is 8.95. The Balaban J connectivity index is 1.83. The summed E-state index contributed by atoms with van der Waals surface area (Å²) < 4.78 is 0. The molecule has 2 fully saturated rings. The van der Waals surface area contributed by atoms with Crippen molar-refractivity contribution in [2.24, 2.45) is 11.8 Å². The highest BCUT2D eigenvalue weighted by Gasteiger charge is 2.30. The van der Waals surface area contributed by atoms with Crippen molar-refractivity contribution in [3.8, 4) is 6.19 Å². The fourth-order valence-corrected chi connectivity index (χ4v) is 2.76. The van der Waals surface area contributed by atoms with Crippen LogP contribution in [-0.4, -0.2) is 43.0 Å². The standard InChI is InChI=1S/C11H19N3/c1-13-5-2-10(3-6-13)11-4-7-14(8-11)9-12/h10-11H,2-8H2,1H3. The van der Waals surface area contributed by atoms with Crippen molar-refractivity contribution in [1.29, 1.82) is 5.26 Å². The molecular formula is C11H19N3. The van der Waals surface area contributed by atoms with Crippen LogP contribution in [0.15, 0.2) is 0 Å². The smallest absolute Gasteiger partial charge is 0.179 e. The summed E-state index contributed by atoms with van der Waals surface area (Å²) in [6.07, 6.45) is 6.17. The molecule has 0 saturated carbocycles. The van der Waals surface area contributed by atoms with E-state index in [1.54, 1.807) is 0 Å². The van der Waals surface area contributed by atoms with Gasteiger partial charge in [0.25, 0.3) is 0 Å². The van der Waals surface area contributed by atoms with Crippen LogP contribution in [-0.2, 0) is 0 Å². The second-order valence-electron chi connectivity index (χ2n) is 4.74. The average Bonchev–Trinajstić information content (AvgIpc) is 2.67. The monoisotopic (exact) mass is 193 g/mol. The quantitative estimate of drug-likeness (QED) is 0.585. The molecule has 1 unspecified atom stereocenters. The van der Waals surface area contributed by atoms with Crippen LogP contribution in [0.25, 0.3) is 0 Å². The first-order valence-electron chi connectivity index (χ1n) is 5.63. The van der Waals surface area contributed by atoms with Crippen LogP contribution in [0.3, 0.4) is 0 Å². The molecule has 2 rings (SSSR count). The van der Waals surface area contributed by atoms with E-state index in [2.05, 4.69) is 18.1 Å². The Hall–Kier alpha value is -0.750. The van der Waals surface area contributed by atoms with Crippen molar-refractivity contribution in [2.45, 2.75) is 19.3 Å². The molecule has 0 amide bonds. The summed E-state index contributed by atoms with van der Waals surface area (Å²) >= 11 is 0. The Kier molecular flexibility index (Phi) is 2.93. The predicted octanol–water partition coefficient (Wildman–Crippen LogP) is 1.13. The van der Waals surface area contributed by atoms with Crippen molar-refractivity contribution >= 4 is 0 Å². The summed E-state index contributed by atoms with van der Waals surface area (Å²) in [6, 6.07) is 0. The van der Waals surface area contributed by atoms with Crippen molar-refractivity contribution in [1.82, 2.24) is 9.80 Å². The number of piperidine rings is 1. The highest BCUT2D eigenvalue weighted by molar-refractivity contribution is 4.88. The molecule has 0 radical (unpaired) electrons. The topological polar surface area (TPSA) is 30.3 Å². The zero-order chi connectivity index (χ0) is 9.97. The molecule has 2 heterocycles. The molecule has 2 aliphatic rings. The third-order valence-electron chi connectivity index (χ3n) is 3.80. The Morgan fingerprint density at radius 3 is 2.29 bits per heavy atom. The molecule has 3 heteroatoms. The van der Waals surface area contributed by atoms with Crippen LogP contribution in [0.5, 0.6) is 0 Å². The molecule has 2 saturated heterocycles. The molecule has 0 aromatic rings. The second kappa shape index (κ2) is 4.18. The summed E-state index contributed by atoms with van der Waals surface area (Å²) in [6.45, 7) is 4.50. The molecule has 0 N–H and O–H groups in total. The maximum absolute atomic E-state index is 8.79. The lowest BCUT2D eigenvalue weighted by Gasteiger charge is -2.32. The summed E-state index contributed by atoms with van der Waals surface area (Å²) in [7, 11) is 2.20. The largest absolute Gasteiger partial charge is 0.310 e. The van der Waals surface area contributed by atoms with E-state index in [1.165, 1.54) is 32.4 Å². The number of hydrogen-bond acceptors (Lipinski definition) is 3. The van der Waals surface area contributed by atoms with Gasteiger partial charge in [0.2, 0.25) is 0 Å². The van der Waals surface area contributed by atoms with Gasteiger partial charge in [-0.25, -0.2) is 0 Å². The molecule has 78 valence electrons. The molecule has 0 aromatic heterocycles. The Morgan fingerprint density at radius 1 is 1.07 bits per heavy atom. The van der Waals surface area contributed by atoms with Gasteiger partial charge in [-0.05, 0) is 51.2 Å². The molecule has 14 heavy (non-hydrogen) atoms. The number of nitriles is 1. The maximum atomic E-state index is 8.79. The summed E-state index contributed by atoms with van der Waals surface area (Å²) in [4.78, 5) is 4.33. The first-order chi connectivity index (χ1) is 6.79. The van der Waals surface area contributed by atoms with E-state index in [0.29, 0.717) is 0 Å². The summed E-state index contributed by atoms with van der Waals surface area (Å²) in [5, 5.41) is 8.79. The highest BCUT2D eigenvalue weighted by atomic mass is 15.1. The van der Waals surface area contributed by atoms with E-state index < -0.39 is 0 Å². The molecule has 0 bridgehead atoms. The van der Waals surface area contributed by atoms with E-state index in [1.807, 2.05) is 4.90 Å². The first kappa shape index (κ1) is 9.79. The van der Waals surface area contributed by atoms with Crippen molar-refractivity contribution < 1.29 is 0 Å². The number of rotatable bonds is 1. The molecule has 3 nitrogen and oxygen atoms in total. The van der Waals surface area contributed by atoms with Gasteiger partial charge in [-0.15, -0.1) is 0 Å². The van der Waals surface area contributed by atoms with Gasteiger partial charge in [0.05, 0.1) is 0 Å². The Labute approximate surface area is 86.3 Å². The highest BCUT2D eigenvalue weighted by Crippen LogP contribution is 2.30. The van der Waals surface area contributed by atoms with Crippen LogP contribution in [0.4, 0.5) is 0 Å². The van der Waals surface area contributed by atoms with Crippen LogP contribution >= 0.6 is 0 Å². The van der Waals surface area contributed by atoms with Gasteiger partial charge in [-0.1, -0.05) is 0 Å². The third kappa shape index (κ3) is 2.01. The first-order valence-corrected chi connectivity index (χ1v) is 5.63. The van der Waals surface area contributed by atoms with Crippen LogP contribution in [0, 0.1) is 23.3 Å². The van der Waals surface area contributed by atoms with E-state index in [-0.39, 0.29) is 0 Å². The molecule has 2 aliphatic heterocycles. The van der Waals surface area contributed by atoms with E-state index in [9.17, 15) is 0 Å². The normalized spacial score (nSPS) is 30.6. The lowest BCUT2D eigenvalue weighted by molar-refractivity contribution is 0.174. The Morgan fingerprint density at radius 2 is 1.71 bits per heavy atom. The van der Waals surface area contributed by atoms with Crippen LogP contribution in [0.1, 0.15) is 19.3 Å². The van der Waals surface area contributed by atoms with Gasteiger partial charge in [0.1, 0.15) is 0 Å². The number of hydrogen-bond donors (Lipinski definition) is 0. The van der Waals surface area contributed by atoms with E-state index in [0.717, 1.165) is 24.9 Å². The van der Waals surface area contributed by atoms with E-state index in [4.69, 9.17) is 5.26 Å². The van der Waals surface area contributed by atoms with Gasteiger partial charge >= 0.3 is 0 Å². The molecule has 0 aliphatic carbocycles. The minimum Gasteiger partial charge on any atom is -0.310 e. The Bertz CT molecular complexity index is 225. The fourth-order valence-electron chi connectivity index (χ4n) is 2.76. The van der Waals surface area contributed by atoms with Gasteiger partial charge in [-0.2, -0.15) is 5.26 Å². The third-order valence-corrected chi connectivity index (χ3v) is 3.80. The molecule has 0 spiro atoms.